The van der Waals surface area contributed by atoms with E-state index < -0.39 is 0 Å². The van der Waals surface area contributed by atoms with Gasteiger partial charge in [-0.05, 0) is 12.8 Å². The topological polar surface area (TPSA) is 38.0 Å². The van der Waals surface area contributed by atoms with E-state index in [9.17, 15) is 0 Å². The molecule has 3 heteroatoms. The molecular formula is C8H10N2S. The fourth-order valence-electron chi connectivity index (χ4n) is 0.829. The maximum Gasteiger partial charge on any atom is 0.128 e. The van der Waals surface area contributed by atoms with Crippen LogP contribution in [0.4, 0.5) is 0 Å². The summed E-state index contributed by atoms with van der Waals surface area (Å²) < 4.78 is 0. The van der Waals surface area contributed by atoms with Crippen LogP contribution in [0.1, 0.15) is 12.8 Å². The summed E-state index contributed by atoms with van der Waals surface area (Å²) in [4.78, 5) is 1.07. The van der Waals surface area contributed by atoms with Crippen LogP contribution in [0.3, 0.4) is 0 Å². The van der Waals surface area contributed by atoms with Crippen molar-refractivity contribution in [2.24, 2.45) is 11.7 Å². The molecule has 0 aromatic rings. The molecule has 11 heavy (non-hydrogen) atoms. The number of thioether (sulfide) groups is 1. The highest BCUT2D eigenvalue weighted by Gasteiger charge is 2.18. The molecule has 0 amide bonds. The van der Waals surface area contributed by atoms with Crippen LogP contribution in [-0.2, 0) is 0 Å². The van der Waals surface area contributed by atoms with E-state index in [-0.39, 0.29) is 5.50 Å². The number of rotatable bonds is 0. The Balaban J connectivity index is 1.92. The van der Waals surface area contributed by atoms with E-state index in [2.05, 4.69) is 17.2 Å². The molecule has 0 spiro atoms. The first-order chi connectivity index (χ1) is 5.34. The van der Waals surface area contributed by atoms with E-state index in [4.69, 9.17) is 5.73 Å². The normalized spacial score (nSPS) is 28.5. The van der Waals surface area contributed by atoms with E-state index in [0.717, 1.165) is 4.91 Å². The van der Waals surface area contributed by atoms with Crippen molar-refractivity contribution < 1.29 is 0 Å². The third-order valence-electron chi connectivity index (χ3n) is 1.61. The van der Waals surface area contributed by atoms with Crippen LogP contribution >= 0.6 is 11.8 Å². The van der Waals surface area contributed by atoms with Crippen molar-refractivity contribution in [3.8, 4) is 11.8 Å². The maximum atomic E-state index is 5.58. The van der Waals surface area contributed by atoms with Crippen molar-refractivity contribution in [2.75, 3.05) is 0 Å². The average molecular weight is 166 g/mol. The molecule has 1 atom stereocenters. The van der Waals surface area contributed by atoms with Crippen molar-refractivity contribution in [1.82, 2.24) is 5.32 Å². The fraction of sp³-hybridized carbons (Fsp3) is 0.500. The largest absolute Gasteiger partial charge is 0.366 e. The standard InChI is InChI=1S/C8H10N2S/c9-8-10-5-7(11-8)4-3-6-1-2-6/h5-6,8,10H,1-2,9H2. The Morgan fingerprint density at radius 1 is 1.64 bits per heavy atom. The third-order valence-corrected chi connectivity index (χ3v) is 2.47. The number of hydrogen-bond donors (Lipinski definition) is 2. The number of nitrogens with two attached hydrogens (primary N) is 1. The summed E-state index contributed by atoms with van der Waals surface area (Å²) >= 11 is 1.59. The van der Waals surface area contributed by atoms with Crippen LogP contribution in [0.2, 0.25) is 0 Å². The van der Waals surface area contributed by atoms with Crippen molar-refractivity contribution >= 4 is 11.8 Å². The van der Waals surface area contributed by atoms with Gasteiger partial charge in [0.05, 0.1) is 4.91 Å². The molecule has 0 aromatic carbocycles. The number of hydrogen-bond acceptors (Lipinski definition) is 3. The van der Waals surface area contributed by atoms with Gasteiger partial charge in [-0.2, -0.15) is 0 Å². The Morgan fingerprint density at radius 2 is 2.45 bits per heavy atom. The van der Waals surface area contributed by atoms with Gasteiger partial charge in [0.2, 0.25) is 0 Å². The lowest BCUT2D eigenvalue weighted by Crippen LogP contribution is -2.25. The summed E-state index contributed by atoms with van der Waals surface area (Å²) in [6.07, 6.45) is 4.46. The van der Waals surface area contributed by atoms with Gasteiger partial charge in [0.1, 0.15) is 5.50 Å². The second-order valence-corrected chi connectivity index (χ2v) is 3.94. The van der Waals surface area contributed by atoms with Gasteiger partial charge in [-0.1, -0.05) is 23.6 Å². The van der Waals surface area contributed by atoms with E-state index in [0.29, 0.717) is 5.92 Å². The fourth-order valence-corrected chi connectivity index (χ4v) is 1.49. The number of nitrogens with one attached hydrogen (secondary N) is 1. The molecule has 1 unspecified atom stereocenters. The molecule has 0 saturated heterocycles. The van der Waals surface area contributed by atoms with Crippen LogP contribution in [-0.4, -0.2) is 5.50 Å². The Labute approximate surface area is 70.6 Å². The highest BCUT2D eigenvalue weighted by Crippen LogP contribution is 2.28. The predicted octanol–water partition coefficient (Wildman–Crippen LogP) is 0.820. The summed E-state index contributed by atoms with van der Waals surface area (Å²) in [6, 6.07) is 0. The molecule has 2 aliphatic rings. The van der Waals surface area contributed by atoms with Crippen molar-refractivity contribution in [3.63, 3.8) is 0 Å². The van der Waals surface area contributed by atoms with Crippen LogP contribution in [0.5, 0.6) is 0 Å². The zero-order chi connectivity index (χ0) is 7.68. The van der Waals surface area contributed by atoms with E-state index >= 15 is 0 Å². The van der Waals surface area contributed by atoms with Crippen molar-refractivity contribution in [3.05, 3.63) is 11.1 Å². The highest BCUT2D eigenvalue weighted by molar-refractivity contribution is 8.04. The molecule has 0 radical (unpaired) electrons. The van der Waals surface area contributed by atoms with Gasteiger partial charge in [-0.15, -0.1) is 0 Å². The molecular weight excluding hydrogens is 156 g/mol. The SMILES string of the molecule is NC1NC=C(C#CC2CC2)S1. The predicted molar refractivity (Wildman–Crippen MR) is 47.3 cm³/mol. The van der Waals surface area contributed by atoms with Gasteiger partial charge in [-0.25, -0.2) is 0 Å². The summed E-state index contributed by atoms with van der Waals surface area (Å²) in [7, 11) is 0. The minimum atomic E-state index is 0.0125. The molecule has 1 heterocycles. The summed E-state index contributed by atoms with van der Waals surface area (Å²) in [5.41, 5.74) is 5.59. The summed E-state index contributed by atoms with van der Waals surface area (Å²) in [6.45, 7) is 0. The zero-order valence-corrected chi connectivity index (χ0v) is 6.95. The summed E-state index contributed by atoms with van der Waals surface area (Å²) in [5.74, 6) is 6.96. The van der Waals surface area contributed by atoms with Crippen LogP contribution in [0, 0.1) is 17.8 Å². The third kappa shape index (κ3) is 1.92. The van der Waals surface area contributed by atoms with E-state index in [1.165, 1.54) is 12.8 Å². The molecule has 1 aliphatic carbocycles. The van der Waals surface area contributed by atoms with E-state index in [1.807, 2.05) is 6.20 Å². The van der Waals surface area contributed by atoms with Gasteiger partial charge >= 0.3 is 0 Å². The van der Waals surface area contributed by atoms with Gasteiger partial charge < -0.3 is 11.1 Å². The van der Waals surface area contributed by atoms with Crippen molar-refractivity contribution in [2.45, 2.75) is 18.3 Å². The molecule has 1 saturated carbocycles. The van der Waals surface area contributed by atoms with Crippen LogP contribution in [0.25, 0.3) is 0 Å². The van der Waals surface area contributed by atoms with Crippen molar-refractivity contribution in [1.29, 1.82) is 0 Å². The lowest BCUT2D eigenvalue weighted by Gasteiger charge is -1.97. The quantitative estimate of drug-likeness (QED) is 0.523. The second kappa shape index (κ2) is 2.80. The molecule has 1 aliphatic heterocycles. The molecule has 2 nitrogen and oxygen atoms in total. The van der Waals surface area contributed by atoms with Gasteiger partial charge in [0.25, 0.3) is 0 Å². The number of allylic oxidation sites excluding steroid dienone is 1. The van der Waals surface area contributed by atoms with Gasteiger partial charge in [-0.3, -0.25) is 0 Å². The minimum Gasteiger partial charge on any atom is -0.366 e. The maximum absolute atomic E-state index is 5.58. The average Bonchev–Trinajstić information content (AvgIpc) is 2.72. The molecule has 1 fully saturated rings. The van der Waals surface area contributed by atoms with Crippen LogP contribution < -0.4 is 11.1 Å². The Morgan fingerprint density at radius 3 is 3.00 bits per heavy atom. The minimum absolute atomic E-state index is 0.0125. The molecule has 0 bridgehead atoms. The van der Waals surface area contributed by atoms with Gasteiger partial charge in [0, 0.05) is 12.1 Å². The van der Waals surface area contributed by atoms with E-state index in [1.54, 1.807) is 11.8 Å². The molecule has 0 aromatic heterocycles. The molecule has 3 N–H and O–H groups in total. The Hall–Kier alpha value is -0.590. The first kappa shape index (κ1) is 7.08. The molecule has 2 rings (SSSR count). The second-order valence-electron chi connectivity index (χ2n) is 2.76. The lowest BCUT2D eigenvalue weighted by molar-refractivity contribution is 0.837. The zero-order valence-electron chi connectivity index (χ0n) is 6.13. The smallest absolute Gasteiger partial charge is 0.128 e. The highest BCUT2D eigenvalue weighted by atomic mass is 32.2. The Bertz CT molecular complexity index is 245. The monoisotopic (exact) mass is 166 g/mol. The first-order valence-electron chi connectivity index (χ1n) is 3.74. The first-order valence-corrected chi connectivity index (χ1v) is 4.62. The van der Waals surface area contributed by atoms with Gasteiger partial charge in [0.15, 0.2) is 0 Å². The Kier molecular flexibility index (Phi) is 1.80. The summed E-state index contributed by atoms with van der Waals surface area (Å²) in [5, 5.41) is 2.99. The molecule has 58 valence electrons. The lowest BCUT2D eigenvalue weighted by atomic mass is 10.4. The van der Waals surface area contributed by atoms with Crippen LogP contribution in [0.15, 0.2) is 11.1 Å².